The topological polar surface area (TPSA) is 95.5 Å². The normalized spacial score (nSPS) is 11.0. The van der Waals surface area contributed by atoms with Gasteiger partial charge in [0.25, 0.3) is 5.69 Å². The van der Waals surface area contributed by atoms with Crippen molar-refractivity contribution in [3.05, 3.63) is 69.8 Å². The number of nitrogens with zero attached hydrogens (tertiary/aromatic N) is 1. The van der Waals surface area contributed by atoms with Crippen molar-refractivity contribution in [1.29, 1.82) is 0 Å². The van der Waals surface area contributed by atoms with Gasteiger partial charge in [0.15, 0.2) is 0 Å². The first kappa shape index (κ1) is 15.2. The molecule has 0 heterocycles. The number of anilines is 1. The molecule has 0 aliphatic heterocycles. The average molecular weight is 298 g/mol. The number of nitro benzene ring substituents is 1. The van der Waals surface area contributed by atoms with Crippen molar-refractivity contribution in [1.82, 2.24) is 0 Å². The standard InChI is InChI=1S/C16H14N2O4/c1-11(10-12-4-2-3-5-15(12)17)16(19)22-14-8-6-13(7-9-14)18(20)21/h2-10H,17H2,1H3. The van der Waals surface area contributed by atoms with Gasteiger partial charge in [0.1, 0.15) is 5.75 Å². The lowest BCUT2D eigenvalue weighted by atomic mass is 10.1. The van der Waals surface area contributed by atoms with Crippen LogP contribution in [-0.2, 0) is 4.79 Å². The second kappa shape index (κ2) is 6.53. The third-order valence-corrected chi connectivity index (χ3v) is 2.95. The molecule has 0 saturated heterocycles. The van der Waals surface area contributed by atoms with E-state index in [1.54, 1.807) is 31.2 Å². The van der Waals surface area contributed by atoms with Gasteiger partial charge in [-0.1, -0.05) is 18.2 Å². The predicted octanol–water partition coefficient (Wildman–Crippen LogP) is 3.19. The van der Waals surface area contributed by atoms with E-state index in [1.807, 2.05) is 6.07 Å². The number of benzene rings is 2. The SMILES string of the molecule is CC(=Cc1ccccc1N)C(=O)Oc1ccc([N+](=O)[O-])cc1. The van der Waals surface area contributed by atoms with E-state index in [0.717, 1.165) is 5.56 Å². The van der Waals surface area contributed by atoms with Crippen LogP contribution in [0.25, 0.3) is 6.08 Å². The summed E-state index contributed by atoms with van der Waals surface area (Å²) in [6, 6.07) is 12.4. The summed E-state index contributed by atoms with van der Waals surface area (Å²) in [5.74, 6) is -0.304. The van der Waals surface area contributed by atoms with Crippen molar-refractivity contribution in [3.63, 3.8) is 0 Å². The smallest absolute Gasteiger partial charge is 0.339 e. The fraction of sp³-hybridized carbons (Fsp3) is 0.0625. The Hall–Kier alpha value is -3.15. The summed E-state index contributed by atoms with van der Waals surface area (Å²) in [6.07, 6.45) is 1.63. The number of non-ortho nitro benzene ring substituents is 1. The molecule has 0 saturated carbocycles. The maximum Gasteiger partial charge on any atom is 0.339 e. The number of carbonyl (C=O) groups is 1. The molecule has 0 aliphatic rings. The number of nitrogens with two attached hydrogens (primary N) is 1. The molecule has 2 aromatic carbocycles. The molecule has 0 unspecified atom stereocenters. The Morgan fingerprint density at radius 1 is 1.18 bits per heavy atom. The number of para-hydroxylation sites is 1. The van der Waals surface area contributed by atoms with Gasteiger partial charge in [-0.05, 0) is 36.8 Å². The molecule has 0 spiro atoms. The van der Waals surface area contributed by atoms with Gasteiger partial charge in [-0.25, -0.2) is 4.79 Å². The molecule has 0 atom stereocenters. The van der Waals surface area contributed by atoms with Crippen molar-refractivity contribution in [2.24, 2.45) is 0 Å². The highest BCUT2D eigenvalue weighted by Gasteiger charge is 2.10. The second-order valence-electron chi connectivity index (χ2n) is 4.60. The molecule has 2 aromatic rings. The molecule has 2 rings (SSSR count). The van der Waals surface area contributed by atoms with Gasteiger partial charge >= 0.3 is 5.97 Å². The number of nitro groups is 1. The fourth-order valence-electron chi connectivity index (χ4n) is 1.76. The maximum atomic E-state index is 12.0. The van der Waals surface area contributed by atoms with Crippen LogP contribution in [0.2, 0.25) is 0 Å². The molecule has 6 nitrogen and oxygen atoms in total. The van der Waals surface area contributed by atoms with E-state index >= 15 is 0 Å². The van der Waals surface area contributed by atoms with E-state index in [0.29, 0.717) is 11.3 Å². The predicted molar refractivity (Wildman–Crippen MR) is 83.2 cm³/mol. The molecule has 2 N–H and O–H groups in total. The van der Waals surface area contributed by atoms with Gasteiger partial charge in [-0.15, -0.1) is 0 Å². The van der Waals surface area contributed by atoms with Crippen molar-refractivity contribution in [3.8, 4) is 5.75 Å². The number of hydrogen-bond acceptors (Lipinski definition) is 5. The molecule has 0 aliphatic carbocycles. The number of ether oxygens (including phenoxy) is 1. The van der Waals surface area contributed by atoms with E-state index < -0.39 is 10.9 Å². The molecule has 22 heavy (non-hydrogen) atoms. The highest BCUT2D eigenvalue weighted by Crippen LogP contribution is 2.19. The summed E-state index contributed by atoms with van der Waals surface area (Å²) in [5, 5.41) is 10.6. The molecule has 6 heteroatoms. The minimum Gasteiger partial charge on any atom is -0.423 e. The largest absolute Gasteiger partial charge is 0.423 e. The Bertz CT molecular complexity index is 736. The third kappa shape index (κ3) is 3.69. The number of rotatable bonds is 4. The van der Waals surface area contributed by atoms with E-state index in [1.165, 1.54) is 24.3 Å². The monoisotopic (exact) mass is 298 g/mol. The van der Waals surface area contributed by atoms with Crippen molar-refractivity contribution in [2.75, 3.05) is 5.73 Å². The van der Waals surface area contributed by atoms with E-state index in [-0.39, 0.29) is 11.4 Å². The zero-order valence-corrected chi connectivity index (χ0v) is 11.9. The molecule has 0 fully saturated rings. The summed E-state index contributed by atoms with van der Waals surface area (Å²) < 4.78 is 5.15. The van der Waals surface area contributed by atoms with E-state index in [9.17, 15) is 14.9 Å². The quantitative estimate of drug-likeness (QED) is 0.233. The lowest BCUT2D eigenvalue weighted by Crippen LogP contribution is -2.09. The molecule has 112 valence electrons. The maximum absolute atomic E-state index is 12.0. The second-order valence-corrected chi connectivity index (χ2v) is 4.60. The summed E-state index contributed by atoms with van der Waals surface area (Å²) in [6.45, 7) is 1.61. The first-order valence-corrected chi connectivity index (χ1v) is 6.47. The van der Waals surface area contributed by atoms with Gasteiger partial charge in [0.2, 0.25) is 0 Å². The van der Waals surface area contributed by atoms with Crippen LogP contribution in [0.5, 0.6) is 5.75 Å². The first-order valence-electron chi connectivity index (χ1n) is 6.47. The van der Waals surface area contributed by atoms with Gasteiger partial charge < -0.3 is 10.5 Å². The highest BCUT2D eigenvalue weighted by molar-refractivity contribution is 5.95. The van der Waals surface area contributed by atoms with Crippen LogP contribution in [0, 0.1) is 10.1 Å². The van der Waals surface area contributed by atoms with Crippen LogP contribution in [0.1, 0.15) is 12.5 Å². The number of esters is 1. The summed E-state index contributed by atoms with van der Waals surface area (Å²) in [7, 11) is 0. The van der Waals surface area contributed by atoms with E-state index in [4.69, 9.17) is 10.5 Å². The van der Waals surface area contributed by atoms with Crippen LogP contribution in [-0.4, -0.2) is 10.9 Å². The van der Waals surface area contributed by atoms with Crippen LogP contribution < -0.4 is 10.5 Å². The lowest BCUT2D eigenvalue weighted by Gasteiger charge is -2.05. The number of nitrogen functional groups attached to an aromatic ring is 1. The Balaban J connectivity index is 2.11. The van der Waals surface area contributed by atoms with Gasteiger partial charge in [-0.3, -0.25) is 10.1 Å². The zero-order chi connectivity index (χ0) is 16.1. The Kier molecular flexibility index (Phi) is 4.53. The van der Waals surface area contributed by atoms with Crippen molar-refractivity contribution < 1.29 is 14.5 Å². The van der Waals surface area contributed by atoms with Gasteiger partial charge in [-0.2, -0.15) is 0 Å². The molecular formula is C16H14N2O4. The Morgan fingerprint density at radius 2 is 1.82 bits per heavy atom. The first-order chi connectivity index (χ1) is 10.5. The number of hydrogen-bond donors (Lipinski definition) is 1. The molecule has 0 amide bonds. The van der Waals surface area contributed by atoms with Gasteiger partial charge in [0.05, 0.1) is 4.92 Å². The third-order valence-electron chi connectivity index (χ3n) is 2.95. The summed E-state index contributed by atoms with van der Waals surface area (Å²) in [4.78, 5) is 22.0. The Morgan fingerprint density at radius 3 is 2.41 bits per heavy atom. The molecule has 0 bridgehead atoms. The number of carbonyl (C=O) groups excluding carboxylic acids is 1. The Labute approximate surface area is 127 Å². The summed E-state index contributed by atoms with van der Waals surface area (Å²) >= 11 is 0. The minimum atomic E-state index is -0.544. The zero-order valence-electron chi connectivity index (χ0n) is 11.9. The van der Waals surface area contributed by atoms with Crippen molar-refractivity contribution >= 4 is 23.4 Å². The lowest BCUT2D eigenvalue weighted by molar-refractivity contribution is -0.384. The average Bonchev–Trinajstić information content (AvgIpc) is 2.50. The minimum absolute atomic E-state index is 0.0656. The van der Waals surface area contributed by atoms with Crippen LogP contribution in [0.15, 0.2) is 54.1 Å². The molecular weight excluding hydrogens is 284 g/mol. The van der Waals surface area contributed by atoms with Crippen LogP contribution in [0.4, 0.5) is 11.4 Å². The van der Waals surface area contributed by atoms with Crippen molar-refractivity contribution in [2.45, 2.75) is 6.92 Å². The fourth-order valence-corrected chi connectivity index (χ4v) is 1.76. The molecule has 0 aromatic heterocycles. The van der Waals surface area contributed by atoms with Crippen LogP contribution >= 0.6 is 0 Å². The molecule has 0 radical (unpaired) electrons. The van der Waals surface area contributed by atoms with Crippen LogP contribution in [0.3, 0.4) is 0 Å². The summed E-state index contributed by atoms with van der Waals surface area (Å²) in [5.41, 5.74) is 7.39. The van der Waals surface area contributed by atoms with E-state index in [2.05, 4.69) is 0 Å². The van der Waals surface area contributed by atoms with Gasteiger partial charge in [0, 0.05) is 23.4 Å². The highest BCUT2D eigenvalue weighted by atomic mass is 16.6.